The third kappa shape index (κ3) is 1.70. The Balaban J connectivity index is 2.87. The largest absolute Gasteiger partial charge is 0.497 e. The minimum Gasteiger partial charge on any atom is -0.497 e. The van der Waals surface area contributed by atoms with Gasteiger partial charge in [0.05, 0.1) is 12.8 Å². The molecule has 1 aromatic heterocycles. The van der Waals surface area contributed by atoms with Gasteiger partial charge in [0.15, 0.2) is 0 Å². The first-order valence-corrected chi connectivity index (χ1v) is 4.04. The molecule has 0 amide bonds. The zero-order valence-corrected chi connectivity index (χ0v) is 7.26. The molecule has 0 atom stereocenters. The molecule has 0 unspecified atom stereocenters. The fraction of sp³-hybridized carbons (Fsp3) is 0.286. The average Bonchev–Trinajstić information content (AvgIpc) is 2.05. The van der Waals surface area contributed by atoms with Crippen molar-refractivity contribution in [2.75, 3.05) is 7.11 Å². The molecular weight excluding hydrogens is 194 g/mol. The van der Waals surface area contributed by atoms with E-state index in [1.807, 2.05) is 12.1 Å². The van der Waals surface area contributed by atoms with Gasteiger partial charge in [-0.3, -0.25) is 4.98 Å². The normalized spacial score (nSPS) is 9.40. The van der Waals surface area contributed by atoms with E-state index in [0.717, 1.165) is 16.8 Å². The van der Waals surface area contributed by atoms with Crippen LogP contribution >= 0.6 is 15.9 Å². The monoisotopic (exact) mass is 201 g/mol. The van der Waals surface area contributed by atoms with E-state index in [9.17, 15) is 0 Å². The lowest BCUT2D eigenvalue weighted by Gasteiger charge is -1.98. The Morgan fingerprint density at radius 1 is 1.70 bits per heavy atom. The molecule has 0 saturated heterocycles. The Morgan fingerprint density at radius 2 is 2.50 bits per heavy atom. The fourth-order valence-corrected chi connectivity index (χ4v) is 0.963. The second-order valence-electron chi connectivity index (χ2n) is 1.82. The maximum Gasteiger partial charge on any atom is 0.122 e. The molecule has 0 saturated carbocycles. The predicted molar refractivity (Wildman–Crippen MR) is 43.4 cm³/mol. The summed E-state index contributed by atoms with van der Waals surface area (Å²) in [4.78, 5) is 4.08. The van der Waals surface area contributed by atoms with Crippen molar-refractivity contribution in [1.82, 2.24) is 4.98 Å². The van der Waals surface area contributed by atoms with Crippen molar-refractivity contribution in [3.63, 3.8) is 0 Å². The molecule has 0 radical (unpaired) electrons. The summed E-state index contributed by atoms with van der Waals surface area (Å²) in [6.07, 6.45) is 1.73. The van der Waals surface area contributed by atoms with Crippen molar-refractivity contribution in [1.29, 1.82) is 0 Å². The Bertz CT molecular complexity index is 195. The van der Waals surface area contributed by atoms with Crippen LogP contribution in [0.3, 0.4) is 0 Å². The Kier molecular flexibility index (Phi) is 2.68. The smallest absolute Gasteiger partial charge is 0.122 e. The number of hydrogen-bond donors (Lipinski definition) is 0. The molecule has 1 aromatic rings. The van der Waals surface area contributed by atoms with E-state index in [1.54, 1.807) is 13.3 Å². The van der Waals surface area contributed by atoms with Gasteiger partial charge in [0, 0.05) is 17.6 Å². The minimum absolute atomic E-state index is 0.768. The highest BCUT2D eigenvalue weighted by molar-refractivity contribution is 9.08. The number of pyridine rings is 1. The van der Waals surface area contributed by atoms with E-state index >= 15 is 0 Å². The lowest BCUT2D eigenvalue weighted by molar-refractivity contribution is 0.414. The van der Waals surface area contributed by atoms with Gasteiger partial charge in [-0.15, -0.1) is 0 Å². The molecule has 10 heavy (non-hydrogen) atoms. The van der Waals surface area contributed by atoms with E-state index in [1.165, 1.54) is 0 Å². The van der Waals surface area contributed by atoms with Gasteiger partial charge in [0.25, 0.3) is 0 Å². The van der Waals surface area contributed by atoms with Crippen LogP contribution in [-0.4, -0.2) is 12.1 Å². The Morgan fingerprint density at radius 3 is 3.10 bits per heavy atom. The average molecular weight is 202 g/mol. The molecule has 0 bridgehead atoms. The highest BCUT2D eigenvalue weighted by atomic mass is 79.9. The number of hydrogen-bond acceptors (Lipinski definition) is 2. The quantitative estimate of drug-likeness (QED) is 0.684. The van der Waals surface area contributed by atoms with Crippen LogP contribution in [0, 0.1) is 0 Å². The van der Waals surface area contributed by atoms with Gasteiger partial charge >= 0.3 is 0 Å². The lowest BCUT2D eigenvalue weighted by Crippen LogP contribution is -1.87. The zero-order chi connectivity index (χ0) is 7.40. The molecule has 0 spiro atoms. The van der Waals surface area contributed by atoms with Gasteiger partial charge in [0.2, 0.25) is 0 Å². The molecule has 0 aliphatic heterocycles. The third-order valence-corrected chi connectivity index (χ3v) is 1.74. The molecule has 0 aliphatic carbocycles. The maximum absolute atomic E-state index is 5.00. The second kappa shape index (κ2) is 3.56. The van der Waals surface area contributed by atoms with E-state index in [-0.39, 0.29) is 0 Å². The standard InChI is InChI=1S/C7H8BrNO/c1-10-7-2-3-9-6(4-7)5-8/h2-4H,5H2,1H3. The first-order chi connectivity index (χ1) is 4.86. The van der Waals surface area contributed by atoms with Gasteiger partial charge in [-0.05, 0) is 6.07 Å². The van der Waals surface area contributed by atoms with Gasteiger partial charge in [-0.25, -0.2) is 0 Å². The third-order valence-electron chi connectivity index (χ3n) is 1.16. The highest BCUT2D eigenvalue weighted by Gasteiger charge is 1.92. The van der Waals surface area contributed by atoms with Crippen LogP contribution in [0.4, 0.5) is 0 Å². The van der Waals surface area contributed by atoms with Gasteiger partial charge in [-0.2, -0.15) is 0 Å². The minimum atomic E-state index is 0.768. The van der Waals surface area contributed by atoms with Crippen LogP contribution in [0.25, 0.3) is 0 Å². The van der Waals surface area contributed by atoms with Gasteiger partial charge in [-0.1, -0.05) is 15.9 Å². The Labute approximate surface area is 68.4 Å². The first kappa shape index (κ1) is 7.54. The van der Waals surface area contributed by atoms with Crippen LogP contribution in [0.2, 0.25) is 0 Å². The van der Waals surface area contributed by atoms with Gasteiger partial charge in [0.1, 0.15) is 5.75 Å². The summed E-state index contributed by atoms with van der Waals surface area (Å²) in [5.41, 5.74) is 0.986. The van der Waals surface area contributed by atoms with Crippen LogP contribution in [0.15, 0.2) is 18.3 Å². The van der Waals surface area contributed by atoms with Crippen LogP contribution in [-0.2, 0) is 5.33 Å². The van der Waals surface area contributed by atoms with Gasteiger partial charge < -0.3 is 4.74 Å². The molecule has 2 nitrogen and oxygen atoms in total. The molecule has 0 aromatic carbocycles. The summed E-state index contributed by atoms with van der Waals surface area (Å²) in [5.74, 6) is 0.851. The summed E-state index contributed by atoms with van der Waals surface area (Å²) in [6, 6.07) is 3.72. The van der Waals surface area contributed by atoms with Crippen LogP contribution in [0.5, 0.6) is 5.75 Å². The molecule has 1 heterocycles. The molecule has 0 N–H and O–H groups in total. The van der Waals surface area contributed by atoms with Crippen molar-refractivity contribution in [3.8, 4) is 5.75 Å². The number of alkyl halides is 1. The molecular formula is C7H8BrNO. The summed E-state index contributed by atoms with van der Waals surface area (Å²) < 4.78 is 5.00. The van der Waals surface area contributed by atoms with Crippen LogP contribution in [0.1, 0.15) is 5.69 Å². The van der Waals surface area contributed by atoms with E-state index < -0.39 is 0 Å². The van der Waals surface area contributed by atoms with Crippen molar-refractivity contribution in [2.45, 2.75) is 5.33 Å². The molecule has 3 heteroatoms. The predicted octanol–water partition coefficient (Wildman–Crippen LogP) is 1.99. The maximum atomic E-state index is 5.00. The zero-order valence-electron chi connectivity index (χ0n) is 5.67. The molecule has 54 valence electrons. The number of nitrogens with zero attached hydrogens (tertiary/aromatic N) is 1. The molecule has 0 fully saturated rings. The molecule has 1 rings (SSSR count). The van der Waals surface area contributed by atoms with Crippen molar-refractivity contribution >= 4 is 15.9 Å². The lowest BCUT2D eigenvalue weighted by atomic mass is 10.4. The van der Waals surface area contributed by atoms with E-state index in [4.69, 9.17) is 4.74 Å². The summed E-state index contributed by atoms with van der Waals surface area (Å²) in [7, 11) is 1.65. The van der Waals surface area contributed by atoms with Crippen LogP contribution < -0.4 is 4.74 Å². The number of rotatable bonds is 2. The highest BCUT2D eigenvalue weighted by Crippen LogP contribution is 2.11. The second-order valence-corrected chi connectivity index (χ2v) is 2.38. The molecule has 0 aliphatic rings. The van der Waals surface area contributed by atoms with E-state index in [2.05, 4.69) is 20.9 Å². The first-order valence-electron chi connectivity index (χ1n) is 2.91. The Hall–Kier alpha value is -0.570. The SMILES string of the molecule is COc1ccnc(CBr)c1. The number of methoxy groups -OCH3 is 1. The van der Waals surface area contributed by atoms with Crippen molar-refractivity contribution in [3.05, 3.63) is 24.0 Å². The summed E-state index contributed by atoms with van der Waals surface area (Å²) in [5, 5.41) is 0.768. The fourth-order valence-electron chi connectivity index (χ4n) is 0.656. The van der Waals surface area contributed by atoms with Crippen molar-refractivity contribution in [2.24, 2.45) is 0 Å². The topological polar surface area (TPSA) is 22.1 Å². The number of halogens is 1. The number of aromatic nitrogens is 1. The van der Waals surface area contributed by atoms with Crippen molar-refractivity contribution < 1.29 is 4.74 Å². The van der Waals surface area contributed by atoms with E-state index in [0.29, 0.717) is 0 Å². The number of ether oxygens (including phenoxy) is 1. The summed E-state index contributed by atoms with van der Waals surface area (Å²) >= 11 is 3.30. The summed E-state index contributed by atoms with van der Waals surface area (Å²) in [6.45, 7) is 0.